The molecule has 4 rings (SSSR count). The van der Waals surface area contributed by atoms with E-state index >= 15 is 0 Å². The molecule has 26 heavy (non-hydrogen) atoms. The van der Waals surface area contributed by atoms with Crippen molar-refractivity contribution >= 4 is 0 Å². The summed E-state index contributed by atoms with van der Waals surface area (Å²) in [5.41, 5.74) is 5.07. The van der Waals surface area contributed by atoms with E-state index in [-0.39, 0.29) is 0 Å². The molecule has 128 valence electrons. The molecule has 3 heterocycles. The second-order valence-corrected chi connectivity index (χ2v) is 5.90. The molecular weight excluding hydrogens is 324 g/mol. The summed E-state index contributed by atoms with van der Waals surface area (Å²) >= 11 is 0. The fraction of sp³-hybridized carbons (Fsp3) is 0.0952. The van der Waals surface area contributed by atoms with Gasteiger partial charge in [0, 0.05) is 35.8 Å². The third-order valence-electron chi connectivity index (χ3n) is 4.12. The lowest BCUT2D eigenvalue weighted by atomic mass is 10.1. The summed E-state index contributed by atoms with van der Waals surface area (Å²) in [4.78, 5) is 8.55. The van der Waals surface area contributed by atoms with Crippen molar-refractivity contribution in [3.8, 4) is 28.4 Å². The minimum atomic E-state index is 0.606. The Morgan fingerprint density at radius 1 is 0.885 bits per heavy atom. The predicted octanol–water partition coefficient (Wildman–Crippen LogP) is 4.06. The van der Waals surface area contributed by atoms with Crippen LogP contribution in [0, 0.1) is 0 Å². The summed E-state index contributed by atoms with van der Waals surface area (Å²) in [7, 11) is 1.62. The predicted molar refractivity (Wildman–Crippen MR) is 101 cm³/mol. The molecule has 4 aromatic rings. The highest BCUT2D eigenvalue weighted by Gasteiger charge is 2.07. The summed E-state index contributed by atoms with van der Waals surface area (Å²) in [6, 6.07) is 20.0. The van der Waals surface area contributed by atoms with Crippen molar-refractivity contribution in [1.82, 2.24) is 19.7 Å². The Morgan fingerprint density at radius 3 is 2.46 bits per heavy atom. The van der Waals surface area contributed by atoms with Crippen LogP contribution in [0.1, 0.15) is 5.56 Å². The third kappa shape index (κ3) is 3.47. The number of nitrogens with zero attached hydrogens (tertiary/aromatic N) is 4. The first-order valence-corrected chi connectivity index (χ1v) is 8.36. The second kappa shape index (κ2) is 7.19. The van der Waals surface area contributed by atoms with Crippen molar-refractivity contribution in [2.24, 2.45) is 0 Å². The van der Waals surface area contributed by atoms with Gasteiger partial charge in [0.05, 0.1) is 25.0 Å². The average molecular weight is 342 g/mol. The Morgan fingerprint density at radius 2 is 1.65 bits per heavy atom. The maximum atomic E-state index is 5.22. The molecule has 5 nitrogen and oxygen atoms in total. The molecule has 0 saturated heterocycles. The van der Waals surface area contributed by atoms with E-state index in [4.69, 9.17) is 9.84 Å². The molecule has 0 fully saturated rings. The number of rotatable bonds is 5. The zero-order valence-corrected chi connectivity index (χ0v) is 14.4. The van der Waals surface area contributed by atoms with Gasteiger partial charge in [0.25, 0.3) is 0 Å². The first-order chi connectivity index (χ1) is 12.8. The van der Waals surface area contributed by atoms with Gasteiger partial charge in [-0.25, -0.2) is 4.98 Å². The van der Waals surface area contributed by atoms with E-state index < -0.39 is 0 Å². The average Bonchev–Trinajstić information content (AvgIpc) is 3.17. The first-order valence-electron chi connectivity index (χ1n) is 8.36. The molecule has 0 spiro atoms. The molecule has 0 bridgehead atoms. The zero-order chi connectivity index (χ0) is 17.8. The van der Waals surface area contributed by atoms with Crippen molar-refractivity contribution < 1.29 is 4.74 Å². The summed E-state index contributed by atoms with van der Waals surface area (Å²) in [6.07, 6.45) is 5.58. The van der Waals surface area contributed by atoms with Gasteiger partial charge >= 0.3 is 0 Å². The van der Waals surface area contributed by atoms with Gasteiger partial charge in [0.2, 0.25) is 5.88 Å². The van der Waals surface area contributed by atoms with Crippen molar-refractivity contribution in [2.45, 2.75) is 6.54 Å². The maximum absolute atomic E-state index is 5.22. The van der Waals surface area contributed by atoms with E-state index in [0.29, 0.717) is 5.88 Å². The van der Waals surface area contributed by atoms with Crippen molar-refractivity contribution in [3.05, 3.63) is 84.8 Å². The molecule has 5 heteroatoms. The molecule has 0 saturated carbocycles. The van der Waals surface area contributed by atoms with Gasteiger partial charge in [-0.3, -0.25) is 9.67 Å². The van der Waals surface area contributed by atoms with Crippen LogP contribution < -0.4 is 4.74 Å². The molecule has 0 unspecified atom stereocenters. The maximum Gasteiger partial charge on any atom is 0.213 e. The van der Waals surface area contributed by atoms with Crippen LogP contribution >= 0.6 is 0 Å². The fourth-order valence-corrected chi connectivity index (χ4v) is 2.81. The highest BCUT2D eigenvalue weighted by molar-refractivity contribution is 5.69. The molecule has 0 radical (unpaired) electrons. The minimum absolute atomic E-state index is 0.606. The largest absolute Gasteiger partial charge is 0.481 e. The fourth-order valence-electron chi connectivity index (χ4n) is 2.81. The van der Waals surface area contributed by atoms with Gasteiger partial charge in [-0.15, -0.1) is 0 Å². The number of ether oxygens (including phenoxy) is 1. The van der Waals surface area contributed by atoms with Crippen molar-refractivity contribution in [2.75, 3.05) is 7.11 Å². The SMILES string of the molecule is COc1cccc(-c2cccc(-c3ccn(Cc4ccncc4)n3)c2)n1. The Balaban J connectivity index is 1.61. The molecular formula is C21H18N4O. The molecule has 0 atom stereocenters. The van der Waals surface area contributed by atoms with Crippen LogP contribution in [0.2, 0.25) is 0 Å². The second-order valence-electron chi connectivity index (χ2n) is 5.90. The normalized spacial score (nSPS) is 10.7. The third-order valence-corrected chi connectivity index (χ3v) is 4.12. The lowest BCUT2D eigenvalue weighted by Crippen LogP contribution is -2.00. The lowest BCUT2D eigenvalue weighted by molar-refractivity contribution is 0.398. The van der Waals surface area contributed by atoms with Crippen LogP contribution in [0.4, 0.5) is 0 Å². The van der Waals surface area contributed by atoms with Crippen LogP contribution in [-0.2, 0) is 6.54 Å². The Labute approximate surface area is 151 Å². The summed E-state index contributed by atoms with van der Waals surface area (Å²) in [5.74, 6) is 0.606. The Kier molecular flexibility index (Phi) is 4.43. The van der Waals surface area contributed by atoms with Gasteiger partial charge in [0.15, 0.2) is 0 Å². The summed E-state index contributed by atoms with van der Waals surface area (Å²) in [6.45, 7) is 0.722. The standard InChI is InChI=1S/C21H18N4O/c1-26-21-7-3-6-19(23-21)17-4-2-5-18(14-17)20-10-13-25(24-20)15-16-8-11-22-12-9-16/h2-14H,15H2,1H3. The molecule has 0 amide bonds. The topological polar surface area (TPSA) is 52.8 Å². The van der Waals surface area contributed by atoms with E-state index in [9.17, 15) is 0 Å². The molecule has 0 N–H and O–H groups in total. The van der Waals surface area contributed by atoms with Gasteiger partial charge in [-0.05, 0) is 35.9 Å². The van der Waals surface area contributed by atoms with Crippen LogP contribution in [0.15, 0.2) is 79.3 Å². The molecule has 0 aliphatic heterocycles. The first kappa shape index (κ1) is 16.0. The summed E-state index contributed by atoms with van der Waals surface area (Å²) in [5, 5.41) is 4.70. The number of methoxy groups -OCH3 is 1. The number of aromatic nitrogens is 4. The molecule has 0 aliphatic carbocycles. The van der Waals surface area contributed by atoms with E-state index in [1.807, 2.05) is 59.4 Å². The van der Waals surface area contributed by atoms with Crippen molar-refractivity contribution in [1.29, 1.82) is 0 Å². The van der Waals surface area contributed by atoms with Gasteiger partial charge in [-0.1, -0.05) is 24.3 Å². The lowest BCUT2D eigenvalue weighted by Gasteiger charge is -2.05. The molecule has 1 aromatic carbocycles. The van der Waals surface area contributed by atoms with Crippen LogP contribution in [0.3, 0.4) is 0 Å². The monoisotopic (exact) mass is 342 g/mol. The van der Waals surface area contributed by atoms with E-state index in [1.54, 1.807) is 19.5 Å². The van der Waals surface area contributed by atoms with E-state index in [2.05, 4.69) is 22.1 Å². The zero-order valence-electron chi connectivity index (χ0n) is 14.4. The van der Waals surface area contributed by atoms with Crippen LogP contribution in [0.25, 0.3) is 22.5 Å². The number of hydrogen-bond acceptors (Lipinski definition) is 4. The molecule has 0 aliphatic rings. The Bertz CT molecular complexity index is 1010. The minimum Gasteiger partial charge on any atom is -0.481 e. The quantitative estimate of drug-likeness (QED) is 0.549. The number of hydrogen-bond donors (Lipinski definition) is 0. The van der Waals surface area contributed by atoms with E-state index in [0.717, 1.165) is 29.1 Å². The van der Waals surface area contributed by atoms with E-state index in [1.165, 1.54) is 5.56 Å². The summed E-state index contributed by atoms with van der Waals surface area (Å²) < 4.78 is 7.15. The highest BCUT2D eigenvalue weighted by Crippen LogP contribution is 2.25. The van der Waals surface area contributed by atoms with Gasteiger partial charge < -0.3 is 4.74 Å². The van der Waals surface area contributed by atoms with Crippen LogP contribution in [0.5, 0.6) is 5.88 Å². The van der Waals surface area contributed by atoms with Crippen molar-refractivity contribution in [3.63, 3.8) is 0 Å². The molecule has 3 aromatic heterocycles. The number of benzene rings is 1. The Hall–Kier alpha value is -3.47. The highest BCUT2D eigenvalue weighted by atomic mass is 16.5. The smallest absolute Gasteiger partial charge is 0.213 e. The van der Waals surface area contributed by atoms with Crippen LogP contribution in [-0.4, -0.2) is 26.9 Å². The van der Waals surface area contributed by atoms with Gasteiger partial charge in [-0.2, -0.15) is 5.10 Å². The van der Waals surface area contributed by atoms with Gasteiger partial charge in [0.1, 0.15) is 0 Å². The number of pyridine rings is 2.